The van der Waals surface area contributed by atoms with E-state index < -0.39 is 48.2 Å². The predicted octanol–water partition coefficient (Wildman–Crippen LogP) is 0.594. The number of ketones is 1. The van der Waals surface area contributed by atoms with Crippen LogP contribution >= 0.6 is 0 Å². The van der Waals surface area contributed by atoms with Crippen LogP contribution in [0.3, 0.4) is 0 Å². The van der Waals surface area contributed by atoms with E-state index in [1.54, 1.807) is 0 Å². The smallest absolute Gasteiger partial charge is 0.340 e. The number of nitrogens with zero attached hydrogens (tertiary/aromatic N) is 2. The van der Waals surface area contributed by atoms with Gasteiger partial charge in [0.05, 0.1) is 34.4 Å². The highest BCUT2D eigenvalue weighted by molar-refractivity contribution is 5.97. The Bertz CT molecular complexity index is 1320. The first-order chi connectivity index (χ1) is 18.1. The van der Waals surface area contributed by atoms with Crippen LogP contribution in [0.1, 0.15) is 48.3 Å². The van der Waals surface area contributed by atoms with Crippen molar-refractivity contribution in [2.75, 3.05) is 27.9 Å². The Morgan fingerprint density at radius 2 is 1.68 bits per heavy atom. The molecule has 1 fully saturated rings. The maximum atomic E-state index is 13.4. The molecule has 0 bridgehead atoms. The molecule has 2 heterocycles. The molecule has 3 rings (SSSR count). The number of hydrogen-bond acceptors (Lipinski definition) is 11. The number of aliphatic hydroxyl groups is 1. The summed E-state index contributed by atoms with van der Waals surface area (Å²) in [7, 11) is 4.10. The highest BCUT2D eigenvalue weighted by Crippen LogP contribution is 2.38. The number of Topliss-reactive ketones (excluding diaryl/α,β-unsaturated/α-hetero) is 1. The van der Waals surface area contributed by atoms with Crippen molar-refractivity contribution >= 4 is 17.7 Å². The van der Waals surface area contributed by atoms with E-state index in [0.29, 0.717) is 4.57 Å². The van der Waals surface area contributed by atoms with Crippen LogP contribution in [0.5, 0.6) is 17.2 Å². The second-order valence-electron chi connectivity index (χ2n) is 8.64. The van der Waals surface area contributed by atoms with E-state index in [9.17, 15) is 29.1 Å². The lowest BCUT2D eigenvalue weighted by Crippen LogP contribution is -2.45. The number of aliphatic hydroxyl groups excluding tert-OH is 1. The van der Waals surface area contributed by atoms with Gasteiger partial charge in [-0.25, -0.2) is 4.79 Å². The number of hydrogen-bond donors (Lipinski definition) is 1. The Kier molecular flexibility index (Phi) is 9.07. The van der Waals surface area contributed by atoms with Gasteiger partial charge in [-0.2, -0.15) is 4.57 Å². The minimum absolute atomic E-state index is 0.00624. The predicted molar refractivity (Wildman–Crippen MR) is 131 cm³/mol. The van der Waals surface area contributed by atoms with Crippen molar-refractivity contribution in [3.63, 3.8) is 0 Å². The third kappa shape index (κ3) is 5.78. The summed E-state index contributed by atoms with van der Waals surface area (Å²) in [4.78, 5) is 63.0. The SMILES string of the molecule is COc1cc(C(=O)n2c(=O)c(C)cn([C@H]3C[C@@H](OC(=O)CCC(C)=O)C(CO)O3)c2=O)cc(OC)c1OC. The standard InChI is InChI=1S/C25H30N2O11/c1-13-11-26(20-10-16(19(12-28)37-20)38-21(30)7-6-14(2)29)25(33)27(23(13)31)24(32)15-8-17(34-3)22(36-5)18(9-15)35-4/h8-9,11,16,19-20,28H,6-7,10,12H2,1-5H3/t16-,19?,20-/m1/s1. The van der Waals surface area contributed by atoms with Gasteiger partial charge in [-0.3, -0.25) is 19.0 Å². The lowest BCUT2D eigenvalue weighted by atomic mass is 10.1. The molecule has 1 saturated heterocycles. The number of ether oxygens (including phenoxy) is 5. The van der Waals surface area contributed by atoms with Crippen LogP contribution in [0.25, 0.3) is 0 Å². The summed E-state index contributed by atoms with van der Waals surface area (Å²) in [6.45, 7) is 2.26. The minimum Gasteiger partial charge on any atom is -0.493 e. The molecule has 0 saturated carbocycles. The molecular formula is C25H30N2O11. The van der Waals surface area contributed by atoms with Gasteiger partial charge in [0.15, 0.2) is 11.5 Å². The van der Waals surface area contributed by atoms with Crippen molar-refractivity contribution in [1.29, 1.82) is 0 Å². The van der Waals surface area contributed by atoms with Gasteiger partial charge in [0, 0.05) is 30.2 Å². The van der Waals surface area contributed by atoms with Gasteiger partial charge in [0.25, 0.3) is 11.5 Å². The van der Waals surface area contributed by atoms with Crippen LogP contribution in [0.2, 0.25) is 0 Å². The molecule has 1 N–H and O–H groups in total. The number of carbonyl (C=O) groups is 3. The third-order valence-electron chi connectivity index (χ3n) is 6.03. The Labute approximate surface area is 217 Å². The van der Waals surface area contributed by atoms with Crippen LogP contribution in [0.15, 0.2) is 27.9 Å². The molecule has 13 heteroatoms. The Balaban J connectivity index is 1.99. The van der Waals surface area contributed by atoms with Crippen molar-refractivity contribution in [2.45, 2.75) is 51.5 Å². The molecule has 206 valence electrons. The lowest BCUT2D eigenvalue weighted by Gasteiger charge is -2.17. The molecule has 13 nitrogen and oxygen atoms in total. The first-order valence-corrected chi connectivity index (χ1v) is 11.7. The molecule has 0 amide bonds. The molecule has 38 heavy (non-hydrogen) atoms. The number of benzene rings is 1. The molecule has 0 aliphatic carbocycles. The van der Waals surface area contributed by atoms with Gasteiger partial charge in [0.2, 0.25) is 5.75 Å². The van der Waals surface area contributed by atoms with Crippen molar-refractivity contribution in [3.8, 4) is 17.2 Å². The number of methoxy groups -OCH3 is 3. The normalized spacial score (nSPS) is 18.6. The van der Waals surface area contributed by atoms with Crippen LogP contribution in [0.4, 0.5) is 0 Å². The highest BCUT2D eigenvalue weighted by Gasteiger charge is 2.39. The second kappa shape index (κ2) is 12.0. The van der Waals surface area contributed by atoms with Crippen LogP contribution in [-0.2, 0) is 19.1 Å². The van der Waals surface area contributed by atoms with Crippen LogP contribution in [0, 0.1) is 6.92 Å². The molecule has 2 aromatic rings. The van der Waals surface area contributed by atoms with Gasteiger partial charge < -0.3 is 33.6 Å². The molecular weight excluding hydrogens is 504 g/mol. The maximum Gasteiger partial charge on any atom is 0.340 e. The molecule has 1 aromatic carbocycles. The summed E-state index contributed by atoms with van der Waals surface area (Å²) in [5.74, 6) is -1.26. The van der Waals surface area contributed by atoms with Gasteiger partial charge in [-0.1, -0.05) is 0 Å². The fourth-order valence-electron chi connectivity index (χ4n) is 4.08. The molecule has 1 aliphatic rings. The highest BCUT2D eigenvalue weighted by atomic mass is 16.6. The Hall–Kier alpha value is -3.97. The Morgan fingerprint density at radius 1 is 1.05 bits per heavy atom. The topological polar surface area (TPSA) is 162 Å². The summed E-state index contributed by atoms with van der Waals surface area (Å²) in [5.41, 5.74) is -1.84. The third-order valence-corrected chi connectivity index (χ3v) is 6.03. The molecule has 1 aliphatic heterocycles. The summed E-state index contributed by atoms with van der Waals surface area (Å²) >= 11 is 0. The van der Waals surface area contributed by atoms with Crippen molar-refractivity contribution in [2.24, 2.45) is 0 Å². The molecule has 3 atom stereocenters. The van der Waals surface area contributed by atoms with E-state index in [1.807, 2.05) is 0 Å². The average molecular weight is 535 g/mol. The summed E-state index contributed by atoms with van der Waals surface area (Å²) in [5, 5.41) is 9.73. The second-order valence-corrected chi connectivity index (χ2v) is 8.64. The minimum atomic E-state index is -1.05. The van der Waals surface area contributed by atoms with Crippen LogP contribution in [-0.4, -0.2) is 72.0 Å². The van der Waals surface area contributed by atoms with Gasteiger partial charge in [0.1, 0.15) is 24.2 Å². The van der Waals surface area contributed by atoms with Gasteiger partial charge in [-0.05, 0) is 26.0 Å². The van der Waals surface area contributed by atoms with E-state index in [0.717, 1.165) is 4.57 Å². The number of aromatic nitrogens is 2. The first kappa shape index (κ1) is 28.6. The van der Waals surface area contributed by atoms with Crippen molar-refractivity contribution in [1.82, 2.24) is 9.13 Å². The first-order valence-electron chi connectivity index (χ1n) is 11.7. The van der Waals surface area contributed by atoms with E-state index in [4.69, 9.17) is 23.7 Å². The Morgan fingerprint density at radius 3 is 2.21 bits per heavy atom. The van der Waals surface area contributed by atoms with Crippen molar-refractivity contribution in [3.05, 3.63) is 50.3 Å². The number of carbonyl (C=O) groups excluding carboxylic acids is 3. The number of esters is 1. The number of aryl methyl sites for hydroxylation is 1. The monoisotopic (exact) mass is 534 g/mol. The lowest BCUT2D eigenvalue weighted by molar-refractivity contribution is -0.153. The van der Waals surface area contributed by atoms with E-state index in [-0.39, 0.29) is 53.4 Å². The summed E-state index contributed by atoms with van der Waals surface area (Å²) in [6, 6.07) is 2.62. The average Bonchev–Trinajstić information content (AvgIpc) is 3.30. The van der Waals surface area contributed by atoms with E-state index in [1.165, 1.54) is 53.5 Å². The van der Waals surface area contributed by atoms with E-state index >= 15 is 0 Å². The van der Waals surface area contributed by atoms with Gasteiger partial charge >= 0.3 is 11.7 Å². The van der Waals surface area contributed by atoms with E-state index in [2.05, 4.69) is 0 Å². The summed E-state index contributed by atoms with van der Waals surface area (Å²) < 4.78 is 28.4. The number of rotatable bonds is 10. The molecule has 1 aromatic heterocycles. The van der Waals surface area contributed by atoms with Crippen molar-refractivity contribution < 1.29 is 43.2 Å². The fraction of sp³-hybridized carbons (Fsp3) is 0.480. The molecule has 0 radical (unpaired) electrons. The molecule has 1 unspecified atom stereocenters. The summed E-state index contributed by atoms with van der Waals surface area (Å²) in [6.07, 6.45) is -1.85. The zero-order valence-corrected chi connectivity index (χ0v) is 21.7. The van der Waals surface area contributed by atoms with Crippen LogP contribution < -0.4 is 25.5 Å². The zero-order chi connectivity index (χ0) is 28.1. The zero-order valence-electron chi connectivity index (χ0n) is 21.7. The molecule has 0 spiro atoms. The largest absolute Gasteiger partial charge is 0.493 e. The maximum absolute atomic E-state index is 13.4. The quantitative estimate of drug-likeness (QED) is 0.425. The van der Waals surface area contributed by atoms with Gasteiger partial charge in [-0.15, -0.1) is 0 Å². The fourth-order valence-corrected chi connectivity index (χ4v) is 4.08.